The van der Waals surface area contributed by atoms with E-state index in [1.54, 1.807) is 28.2 Å². The van der Waals surface area contributed by atoms with Crippen molar-refractivity contribution in [1.82, 2.24) is 9.80 Å². The van der Waals surface area contributed by atoms with E-state index in [1.807, 2.05) is 0 Å². The van der Waals surface area contributed by atoms with Crippen molar-refractivity contribution in [2.45, 2.75) is 12.5 Å². The van der Waals surface area contributed by atoms with E-state index in [0.717, 1.165) is 0 Å². The molecule has 0 aromatic carbocycles. The Morgan fingerprint density at radius 2 is 1.19 bits per heavy atom. The second-order valence-electron chi connectivity index (χ2n) is 5.05. The number of nitrogens with one attached hydrogen (secondary N) is 2. The fourth-order valence-corrected chi connectivity index (χ4v) is 0.720. The van der Waals surface area contributed by atoms with Gasteiger partial charge in [0.25, 0.3) is 0 Å². The Hall–Kier alpha value is -3.62. The molecule has 0 saturated carbocycles. The Balaban J connectivity index is -0.000000320. The number of rotatable bonds is 3. The molecule has 1 atom stereocenters. The second kappa shape index (κ2) is 14.7. The van der Waals surface area contributed by atoms with Gasteiger partial charge in [-0.05, 0) is 0 Å². The summed E-state index contributed by atoms with van der Waals surface area (Å²) >= 11 is 0. The van der Waals surface area contributed by atoms with E-state index < -0.39 is 24.4 Å². The van der Waals surface area contributed by atoms with Crippen LogP contribution in [-0.2, 0) is 9.59 Å². The summed E-state index contributed by atoms with van der Waals surface area (Å²) in [4.78, 5) is 29.5. The van der Waals surface area contributed by atoms with Gasteiger partial charge in [-0.15, -0.1) is 0 Å². The molecule has 0 radical (unpaired) electrons. The van der Waals surface area contributed by atoms with Gasteiger partial charge < -0.3 is 48.7 Å². The highest BCUT2D eigenvalue weighted by Crippen LogP contribution is 1.86. The first-order valence-corrected chi connectivity index (χ1v) is 7.02. The van der Waals surface area contributed by atoms with Gasteiger partial charge in [0.1, 0.15) is 6.04 Å². The molecule has 0 fully saturated rings. The molecule has 1 unspecified atom stereocenters. The first-order valence-electron chi connectivity index (χ1n) is 7.02. The van der Waals surface area contributed by atoms with E-state index in [9.17, 15) is 9.59 Å². The number of nitrogens with zero attached hydrogens (tertiary/aromatic N) is 4. The van der Waals surface area contributed by atoms with Gasteiger partial charge in [-0.1, -0.05) is 0 Å². The fraction of sp³-hybridized carbons (Fsp3) is 0.500. The lowest BCUT2D eigenvalue weighted by atomic mass is 10.2. The number of carboxylic acid groups (broad SMARTS) is 2. The van der Waals surface area contributed by atoms with Crippen LogP contribution in [0.4, 0.5) is 0 Å². The predicted octanol–water partition coefficient (Wildman–Crippen LogP) is -3.61. The van der Waals surface area contributed by atoms with Gasteiger partial charge >= 0.3 is 11.9 Å². The average Bonchev–Trinajstić information content (AvgIpc) is 2.46. The normalized spacial score (nSPS) is 9.67. The van der Waals surface area contributed by atoms with Crippen molar-refractivity contribution in [1.29, 1.82) is 10.8 Å². The average molecular weight is 391 g/mol. The standard InChI is InChI=1S/2C4H11N5.C4H7NO4/c2*1-9(2)4(7)8-3(5)6;5-2(4(8)9)1-3(6)7/h2*1-2H3,(H5,5,6,7,8);2H,1,5H2,(H,6,7)(H,8,9). The van der Waals surface area contributed by atoms with E-state index in [2.05, 4.69) is 9.98 Å². The SMILES string of the molecule is CN(C)C(=N)N=C(N)N.CN(C)C(=N)N=C(N)N.NC(CC(=O)O)C(=O)O. The molecule has 0 heterocycles. The molecule has 0 aliphatic heterocycles. The van der Waals surface area contributed by atoms with Crippen LogP contribution in [0.3, 0.4) is 0 Å². The van der Waals surface area contributed by atoms with Crippen LogP contribution in [0.15, 0.2) is 9.98 Å². The Bertz CT molecular complexity index is 530. The molecular weight excluding hydrogens is 362 g/mol. The molecule has 0 bridgehead atoms. The van der Waals surface area contributed by atoms with Crippen molar-refractivity contribution in [3.8, 4) is 0 Å². The summed E-state index contributed by atoms with van der Waals surface area (Å²) in [7, 11) is 6.76. The lowest BCUT2D eigenvalue weighted by Gasteiger charge is -2.07. The molecule has 156 valence electrons. The lowest BCUT2D eigenvalue weighted by Crippen LogP contribution is -2.32. The van der Waals surface area contributed by atoms with Gasteiger partial charge in [0.2, 0.25) is 11.9 Å². The zero-order chi connectivity index (χ0) is 22.3. The molecule has 0 aromatic heterocycles. The smallest absolute Gasteiger partial charge is 0.321 e. The quantitative estimate of drug-likeness (QED) is 0.167. The zero-order valence-electron chi connectivity index (χ0n) is 15.7. The number of hydrogen-bond acceptors (Lipinski definition) is 5. The predicted molar refractivity (Wildman–Crippen MR) is 102 cm³/mol. The number of aliphatic carboxylic acids is 2. The van der Waals surface area contributed by atoms with E-state index in [4.69, 9.17) is 49.7 Å². The largest absolute Gasteiger partial charge is 0.481 e. The molecule has 27 heavy (non-hydrogen) atoms. The van der Waals surface area contributed by atoms with Crippen LogP contribution in [0.1, 0.15) is 6.42 Å². The molecular formula is C12H29N11O4. The van der Waals surface area contributed by atoms with Gasteiger partial charge in [-0.25, -0.2) is 0 Å². The summed E-state index contributed by atoms with van der Waals surface area (Å²) in [5.74, 6) is -2.57. The fourth-order valence-electron chi connectivity index (χ4n) is 0.720. The summed E-state index contributed by atoms with van der Waals surface area (Å²) in [5.41, 5.74) is 24.8. The first kappa shape index (κ1) is 28.2. The van der Waals surface area contributed by atoms with Crippen molar-refractivity contribution in [3.05, 3.63) is 0 Å². The molecule has 0 amide bonds. The Kier molecular flexibility index (Phi) is 15.4. The highest BCUT2D eigenvalue weighted by Gasteiger charge is 2.14. The van der Waals surface area contributed by atoms with Crippen LogP contribution >= 0.6 is 0 Å². The van der Waals surface area contributed by atoms with Gasteiger partial charge in [0, 0.05) is 28.2 Å². The Labute approximate surface area is 156 Å². The molecule has 15 heteroatoms. The second-order valence-corrected chi connectivity index (χ2v) is 5.05. The number of hydrogen-bond donors (Lipinski definition) is 9. The van der Waals surface area contributed by atoms with Crippen molar-refractivity contribution in [2.24, 2.45) is 38.7 Å². The summed E-state index contributed by atoms with van der Waals surface area (Å²) in [6, 6.07) is -1.29. The maximum Gasteiger partial charge on any atom is 0.321 e. The van der Waals surface area contributed by atoms with Crippen LogP contribution in [0.5, 0.6) is 0 Å². The van der Waals surface area contributed by atoms with Crippen molar-refractivity contribution in [3.63, 3.8) is 0 Å². The monoisotopic (exact) mass is 391 g/mol. The van der Waals surface area contributed by atoms with E-state index in [0.29, 0.717) is 0 Å². The summed E-state index contributed by atoms with van der Waals surface area (Å²) in [6.45, 7) is 0. The maximum atomic E-state index is 9.85. The Morgan fingerprint density at radius 1 is 0.889 bits per heavy atom. The highest BCUT2D eigenvalue weighted by molar-refractivity contribution is 5.91. The van der Waals surface area contributed by atoms with Crippen molar-refractivity contribution in [2.75, 3.05) is 28.2 Å². The van der Waals surface area contributed by atoms with Gasteiger partial charge in [0.05, 0.1) is 6.42 Å². The number of nitrogens with two attached hydrogens (primary N) is 5. The van der Waals surface area contributed by atoms with Crippen LogP contribution in [0, 0.1) is 10.8 Å². The Morgan fingerprint density at radius 3 is 1.26 bits per heavy atom. The molecule has 14 N–H and O–H groups in total. The third kappa shape index (κ3) is 22.4. The minimum absolute atomic E-state index is 0.0509. The van der Waals surface area contributed by atoms with Crippen LogP contribution in [-0.4, -0.2) is 90.0 Å². The number of carboxylic acids is 2. The molecule has 0 aromatic rings. The lowest BCUT2D eigenvalue weighted by molar-refractivity contribution is -0.144. The third-order valence-corrected chi connectivity index (χ3v) is 2.03. The summed E-state index contributed by atoms with van der Waals surface area (Å²) < 4.78 is 0. The number of guanidine groups is 4. The number of carbonyl (C=O) groups is 2. The zero-order valence-corrected chi connectivity index (χ0v) is 15.7. The van der Waals surface area contributed by atoms with Gasteiger partial charge in [-0.3, -0.25) is 20.4 Å². The first-order chi connectivity index (χ1) is 12.1. The van der Waals surface area contributed by atoms with Gasteiger partial charge in [-0.2, -0.15) is 9.98 Å². The van der Waals surface area contributed by atoms with Crippen molar-refractivity contribution >= 4 is 35.8 Å². The molecule has 0 aliphatic rings. The molecule has 0 saturated heterocycles. The number of aliphatic imine (C=N–C) groups is 2. The van der Waals surface area contributed by atoms with Crippen molar-refractivity contribution < 1.29 is 19.8 Å². The topological polar surface area (TPSA) is 284 Å². The molecule has 0 aliphatic carbocycles. The summed E-state index contributed by atoms with van der Waals surface area (Å²) in [6.07, 6.45) is -0.532. The summed E-state index contributed by atoms with van der Waals surface area (Å²) in [5, 5.41) is 30.1. The van der Waals surface area contributed by atoms with E-state index >= 15 is 0 Å². The molecule has 15 nitrogen and oxygen atoms in total. The molecule has 0 spiro atoms. The van der Waals surface area contributed by atoms with Crippen LogP contribution < -0.4 is 28.7 Å². The van der Waals surface area contributed by atoms with E-state index in [-0.39, 0.29) is 23.8 Å². The van der Waals surface area contributed by atoms with E-state index in [1.165, 1.54) is 9.80 Å². The minimum Gasteiger partial charge on any atom is -0.481 e. The van der Waals surface area contributed by atoms with Gasteiger partial charge in [0.15, 0.2) is 11.9 Å². The molecule has 0 rings (SSSR count). The van der Waals surface area contributed by atoms with Crippen LogP contribution in [0.2, 0.25) is 0 Å². The maximum absolute atomic E-state index is 9.85. The highest BCUT2D eigenvalue weighted by atomic mass is 16.4. The minimum atomic E-state index is -1.29. The van der Waals surface area contributed by atoms with Crippen LogP contribution in [0.25, 0.3) is 0 Å². The third-order valence-electron chi connectivity index (χ3n) is 2.03.